The number of carbonyl (C=O) groups is 1. The van der Waals surface area contributed by atoms with E-state index in [2.05, 4.69) is 30.0 Å². The zero-order chi connectivity index (χ0) is 29.0. The molecule has 1 aromatic carbocycles. The maximum Gasteiger partial charge on any atom is 0.261 e. The molecule has 1 aliphatic heterocycles. The predicted octanol–water partition coefficient (Wildman–Crippen LogP) is 7.47. The summed E-state index contributed by atoms with van der Waals surface area (Å²) in [5.41, 5.74) is 0.433. The summed E-state index contributed by atoms with van der Waals surface area (Å²) in [6.45, 7) is 18.9. The first-order chi connectivity index (χ1) is 18.1. The van der Waals surface area contributed by atoms with Gasteiger partial charge in [-0.2, -0.15) is 0 Å². The lowest BCUT2D eigenvalue weighted by molar-refractivity contribution is -0.125. The third kappa shape index (κ3) is 9.40. The lowest BCUT2D eigenvalue weighted by atomic mass is 10.2. The fraction of sp³-hybridized carbons (Fsp3) is 0.393. The topological polar surface area (TPSA) is 67.2 Å². The van der Waals surface area contributed by atoms with Gasteiger partial charge in [-0.05, 0) is 43.5 Å². The number of anilines is 1. The molecule has 1 amide bonds. The highest BCUT2D eigenvalue weighted by Gasteiger charge is 2.27. The summed E-state index contributed by atoms with van der Waals surface area (Å²) in [5.74, 6) is -1.26. The molecule has 0 radical (unpaired) electrons. The summed E-state index contributed by atoms with van der Waals surface area (Å²) < 4.78 is 27.8. The molecule has 1 atom stereocenters. The van der Waals surface area contributed by atoms with Crippen LogP contribution in [0.1, 0.15) is 53.0 Å². The minimum atomic E-state index is -0.637. The molecule has 1 unspecified atom stereocenters. The smallest absolute Gasteiger partial charge is 0.261 e. The molecule has 1 N–H and O–H groups in total. The Morgan fingerprint density at radius 1 is 1.16 bits per heavy atom. The van der Waals surface area contributed by atoms with E-state index < -0.39 is 11.6 Å². The minimum Gasteiger partial charge on any atom is -0.380 e. The highest BCUT2D eigenvalue weighted by Crippen LogP contribution is 2.33. The van der Waals surface area contributed by atoms with Crippen LogP contribution in [-0.2, 0) is 4.79 Å². The lowest BCUT2D eigenvalue weighted by Gasteiger charge is -2.16. The largest absolute Gasteiger partial charge is 0.380 e. The fourth-order valence-electron chi connectivity index (χ4n) is 3.56. The van der Waals surface area contributed by atoms with Crippen molar-refractivity contribution in [2.45, 2.75) is 59.0 Å². The molecule has 2 fully saturated rings. The molecule has 38 heavy (non-hydrogen) atoms. The second kappa shape index (κ2) is 16.1. The maximum atomic E-state index is 14.4. The molecular formula is C28H36Cl2F2N4O2. The third-order valence-corrected chi connectivity index (χ3v) is 6.01. The SMILES string of the molecule is C=C(F)/C=C(/Cl)C(=C)Cl.C=CC(=O)N1CCC(Nc2cc(F)c3ncn(C4CC4)c(=O)c3c2)C1.CC.CC. The summed E-state index contributed by atoms with van der Waals surface area (Å²) >= 11 is 10.6. The number of carbonyl (C=O) groups excluding carboxylic acids is 1. The zero-order valence-electron chi connectivity index (χ0n) is 22.4. The van der Waals surface area contributed by atoms with Gasteiger partial charge in [0.2, 0.25) is 5.91 Å². The van der Waals surface area contributed by atoms with Gasteiger partial charge in [-0.1, -0.05) is 70.6 Å². The predicted molar refractivity (Wildman–Crippen MR) is 155 cm³/mol. The lowest BCUT2D eigenvalue weighted by Crippen LogP contribution is -2.30. The van der Waals surface area contributed by atoms with Gasteiger partial charge in [-0.15, -0.1) is 0 Å². The molecule has 1 saturated heterocycles. The van der Waals surface area contributed by atoms with Crippen molar-refractivity contribution >= 4 is 45.7 Å². The molecule has 4 rings (SSSR count). The Labute approximate surface area is 233 Å². The van der Waals surface area contributed by atoms with Gasteiger partial charge in [0.05, 0.1) is 21.8 Å². The van der Waals surface area contributed by atoms with Crippen LogP contribution in [0.25, 0.3) is 10.9 Å². The van der Waals surface area contributed by atoms with E-state index in [0.717, 1.165) is 25.3 Å². The number of allylic oxidation sites excluding steroid dienone is 4. The van der Waals surface area contributed by atoms with E-state index in [1.54, 1.807) is 15.5 Å². The van der Waals surface area contributed by atoms with E-state index in [9.17, 15) is 18.4 Å². The standard InChI is InChI=1S/C18H19FN4O2.C6H5Cl2F.2C2H6/c1-2-16(24)22-6-5-11(9-22)21-12-7-14-17(15(19)8-12)20-10-23(18(14)25)13-3-4-13;1-4(9)3-6(8)5(2)7;2*1-2/h2,7-8,10-11,13,21H,1,3-6,9H2;3H,1-2H2;2*1-2H3/b;6-3+;;. The summed E-state index contributed by atoms with van der Waals surface area (Å²) in [5, 5.41) is 3.70. The highest BCUT2D eigenvalue weighted by atomic mass is 35.5. The molecule has 2 aromatic rings. The fourth-order valence-corrected chi connectivity index (χ4v) is 3.73. The first-order valence-corrected chi connectivity index (χ1v) is 13.3. The summed E-state index contributed by atoms with van der Waals surface area (Å²) in [4.78, 5) is 30.1. The number of nitrogens with one attached hydrogen (secondary N) is 1. The van der Waals surface area contributed by atoms with Crippen LogP contribution in [0.5, 0.6) is 0 Å². The quantitative estimate of drug-likeness (QED) is 0.290. The van der Waals surface area contributed by atoms with Gasteiger partial charge in [0.25, 0.3) is 5.56 Å². The molecule has 2 heterocycles. The van der Waals surface area contributed by atoms with Crippen LogP contribution in [0, 0.1) is 5.82 Å². The monoisotopic (exact) mass is 568 g/mol. The molecule has 0 bridgehead atoms. The number of halogens is 4. The first kappa shape index (κ1) is 33.1. The van der Waals surface area contributed by atoms with Gasteiger partial charge in [-0.25, -0.2) is 13.8 Å². The first-order valence-electron chi connectivity index (χ1n) is 12.5. The minimum absolute atomic E-state index is 0.0167. The molecule has 10 heteroatoms. The van der Waals surface area contributed by atoms with Crippen molar-refractivity contribution in [1.29, 1.82) is 0 Å². The van der Waals surface area contributed by atoms with E-state index in [0.29, 0.717) is 18.8 Å². The van der Waals surface area contributed by atoms with Crippen molar-refractivity contribution in [3.05, 3.63) is 82.4 Å². The Bertz CT molecular complexity index is 1240. The molecular weight excluding hydrogens is 533 g/mol. The van der Waals surface area contributed by atoms with Crippen LogP contribution in [0.2, 0.25) is 0 Å². The second-order valence-electron chi connectivity index (χ2n) is 8.00. The van der Waals surface area contributed by atoms with Gasteiger partial charge in [0.1, 0.15) is 11.3 Å². The van der Waals surface area contributed by atoms with Crippen LogP contribution >= 0.6 is 23.2 Å². The highest BCUT2D eigenvalue weighted by molar-refractivity contribution is 6.43. The van der Waals surface area contributed by atoms with Crippen molar-refractivity contribution in [2.75, 3.05) is 18.4 Å². The molecule has 1 saturated carbocycles. The van der Waals surface area contributed by atoms with Crippen LogP contribution in [0.15, 0.2) is 71.0 Å². The maximum absolute atomic E-state index is 14.4. The van der Waals surface area contributed by atoms with Crippen molar-refractivity contribution in [2.24, 2.45) is 0 Å². The Balaban J connectivity index is 0.000000472. The van der Waals surface area contributed by atoms with Crippen molar-refractivity contribution in [3.63, 3.8) is 0 Å². The van der Waals surface area contributed by atoms with Gasteiger partial charge in [0, 0.05) is 30.9 Å². The molecule has 208 valence electrons. The number of amides is 1. The van der Waals surface area contributed by atoms with Gasteiger partial charge >= 0.3 is 0 Å². The van der Waals surface area contributed by atoms with Gasteiger partial charge < -0.3 is 10.2 Å². The average Bonchev–Trinajstić information content (AvgIpc) is 3.64. The van der Waals surface area contributed by atoms with E-state index in [4.69, 9.17) is 23.2 Å². The number of rotatable bonds is 6. The van der Waals surface area contributed by atoms with E-state index in [-0.39, 0.29) is 44.5 Å². The normalized spacial score (nSPS) is 16.2. The van der Waals surface area contributed by atoms with Crippen molar-refractivity contribution < 1.29 is 13.6 Å². The second-order valence-corrected chi connectivity index (χ2v) is 8.87. The molecule has 1 aliphatic carbocycles. The number of hydrogen-bond donors (Lipinski definition) is 1. The van der Waals surface area contributed by atoms with Crippen LogP contribution in [-0.4, -0.2) is 39.5 Å². The number of fused-ring (bicyclic) bond motifs is 1. The number of benzene rings is 1. The zero-order valence-corrected chi connectivity index (χ0v) is 23.9. The molecule has 1 aromatic heterocycles. The van der Waals surface area contributed by atoms with E-state index in [1.807, 2.05) is 27.7 Å². The summed E-state index contributed by atoms with van der Waals surface area (Å²) in [6, 6.07) is 3.22. The van der Waals surface area contributed by atoms with Crippen molar-refractivity contribution in [3.8, 4) is 0 Å². The Morgan fingerprint density at radius 2 is 1.79 bits per heavy atom. The van der Waals surface area contributed by atoms with Gasteiger partial charge in [-0.3, -0.25) is 14.2 Å². The number of aromatic nitrogens is 2. The number of hydrogen-bond acceptors (Lipinski definition) is 4. The third-order valence-electron chi connectivity index (χ3n) is 5.37. The van der Waals surface area contributed by atoms with Crippen molar-refractivity contribution in [1.82, 2.24) is 14.5 Å². The van der Waals surface area contributed by atoms with E-state index in [1.165, 1.54) is 18.5 Å². The van der Waals surface area contributed by atoms with Crippen LogP contribution in [0.3, 0.4) is 0 Å². The van der Waals surface area contributed by atoms with E-state index >= 15 is 0 Å². The Morgan fingerprint density at radius 3 is 2.29 bits per heavy atom. The average molecular weight is 570 g/mol. The van der Waals surface area contributed by atoms with Crippen LogP contribution in [0.4, 0.5) is 14.5 Å². The van der Waals surface area contributed by atoms with Gasteiger partial charge in [0.15, 0.2) is 5.82 Å². The molecule has 2 aliphatic rings. The molecule has 6 nitrogen and oxygen atoms in total. The Hall–Kier alpha value is -2.97. The Kier molecular flexibility index (Phi) is 14.0. The molecule has 0 spiro atoms. The van der Waals surface area contributed by atoms with Crippen LogP contribution < -0.4 is 10.9 Å². The number of likely N-dealkylation sites (tertiary alicyclic amines) is 1. The summed E-state index contributed by atoms with van der Waals surface area (Å²) in [6.07, 6.45) is 6.42. The summed E-state index contributed by atoms with van der Waals surface area (Å²) in [7, 11) is 0. The number of nitrogens with zero attached hydrogens (tertiary/aromatic N) is 3.